The van der Waals surface area contributed by atoms with E-state index < -0.39 is 0 Å². The van der Waals surface area contributed by atoms with Crippen LogP contribution in [0.3, 0.4) is 0 Å². The van der Waals surface area contributed by atoms with Crippen LogP contribution in [0.4, 0.5) is 0 Å². The lowest BCUT2D eigenvalue weighted by Gasteiger charge is -2.10. The summed E-state index contributed by atoms with van der Waals surface area (Å²) in [4.78, 5) is 0. The highest BCUT2D eigenvalue weighted by Gasteiger charge is 2.03. The molecule has 1 unspecified atom stereocenters. The van der Waals surface area contributed by atoms with Crippen LogP contribution in [-0.4, -0.2) is 13.7 Å². The van der Waals surface area contributed by atoms with Crippen molar-refractivity contribution in [2.24, 2.45) is 5.73 Å². The summed E-state index contributed by atoms with van der Waals surface area (Å²) < 4.78 is 5.24. The average Bonchev–Trinajstić information content (AvgIpc) is 2.18. The molecule has 0 aliphatic rings. The fraction of sp³-hybridized carbons (Fsp3) is 0.455. The lowest BCUT2D eigenvalue weighted by Crippen LogP contribution is -2.03. The number of hydrogen-bond acceptors (Lipinski definition) is 2. The molecule has 2 N–H and O–H groups in total. The van der Waals surface area contributed by atoms with Crippen LogP contribution in [0.5, 0.6) is 0 Å². The van der Waals surface area contributed by atoms with Crippen LogP contribution in [0, 0.1) is 0 Å². The molecule has 1 aromatic carbocycles. The fourth-order valence-electron chi connectivity index (χ4n) is 1.30. The number of hydrogen-bond donors (Lipinski definition) is 1. The Morgan fingerprint density at radius 2 is 2.23 bits per heavy atom. The van der Waals surface area contributed by atoms with Crippen LogP contribution in [0.25, 0.3) is 0 Å². The maximum Gasteiger partial charge on any atom is 0.0793 e. The number of ether oxygens (including phenoxy) is 1. The molecule has 1 atom stereocenters. The zero-order valence-electron chi connectivity index (χ0n) is 8.29. The minimum atomic E-state index is 0.165. The van der Waals surface area contributed by atoms with Crippen molar-refractivity contribution in [3.8, 4) is 0 Å². The van der Waals surface area contributed by atoms with E-state index in [4.69, 9.17) is 10.5 Å². The maximum atomic E-state index is 5.49. The standard InChI is InChI=1S/C11H17NO/c1-9(13-2)11-5-3-4-10(8-11)6-7-12/h3-5,8-9H,6-7,12H2,1-2H3. The Kier molecular flexibility index (Phi) is 3.93. The molecule has 0 aliphatic carbocycles. The molecule has 0 saturated carbocycles. The van der Waals surface area contributed by atoms with E-state index in [1.165, 1.54) is 11.1 Å². The van der Waals surface area contributed by atoms with Crippen molar-refractivity contribution >= 4 is 0 Å². The number of benzene rings is 1. The summed E-state index contributed by atoms with van der Waals surface area (Å²) in [7, 11) is 1.72. The highest BCUT2D eigenvalue weighted by Crippen LogP contribution is 2.16. The zero-order valence-corrected chi connectivity index (χ0v) is 8.29. The van der Waals surface area contributed by atoms with E-state index in [0.29, 0.717) is 6.54 Å². The van der Waals surface area contributed by atoms with E-state index in [1.54, 1.807) is 7.11 Å². The molecule has 1 aromatic rings. The molecule has 2 nitrogen and oxygen atoms in total. The van der Waals surface area contributed by atoms with Gasteiger partial charge in [-0.15, -0.1) is 0 Å². The van der Waals surface area contributed by atoms with Gasteiger partial charge < -0.3 is 10.5 Å². The van der Waals surface area contributed by atoms with Crippen LogP contribution < -0.4 is 5.73 Å². The third-order valence-corrected chi connectivity index (χ3v) is 2.21. The first-order chi connectivity index (χ1) is 6.27. The largest absolute Gasteiger partial charge is 0.377 e. The normalized spacial score (nSPS) is 12.8. The van der Waals surface area contributed by atoms with Gasteiger partial charge in [-0.1, -0.05) is 24.3 Å². The molecule has 0 aromatic heterocycles. The average molecular weight is 179 g/mol. The number of methoxy groups -OCH3 is 1. The van der Waals surface area contributed by atoms with Gasteiger partial charge >= 0.3 is 0 Å². The Bertz CT molecular complexity index is 260. The van der Waals surface area contributed by atoms with E-state index in [-0.39, 0.29) is 6.10 Å². The molecule has 0 aliphatic heterocycles. The zero-order chi connectivity index (χ0) is 9.68. The highest BCUT2D eigenvalue weighted by atomic mass is 16.5. The van der Waals surface area contributed by atoms with Gasteiger partial charge in [-0.3, -0.25) is 0 Å². The molecule has 0 bridgehead atoms. The van der Waals surface area contributed by atoms with E-state index in [9.17, 15) is 0 Å². The Hall–Kier alpha value is -0.860. The maximum absolute atomic E-state index is 5.49. The van der Waals surface area contributed by atoms with Gasteiger partial charge in [0, 0.05) is 7.11 Å². The van der Waals surface area contributed by atoms with Crippen LogP contribution in [-0.2, 0) is 11.2 Å². The van der Waals surface area contributed by atoms with Crippen LogP contribution >= 0.6 is 0 Å². The lowest BCUT2D eigenvalue weighted by molar-refractivity contribution is 0.119. The van der Waals surface area contributed by atoms with Crippen molar-refractivity contribution in [3.05, 3.63) is 35.4 Å². The first-order valence-electron chi connectivity index (χ1n) is 4.59. The second-order valence-electron chi connectivity index (χ2n) is 3.16. The molecule has 0 fully saturated rings. The van der Waals surface area contributed by atoms with Gasteiger partial charge in [-0.25, -0.2) is 0 Å². The van der Waals surface area contributed by atoms with Gasteiger partial charge in [0.1, 0.15) is 0 Å². The van der Waals surface area contributed by atoms with Gasteiger partial charge in [0.25, 0.3) is 0 Å². The molecule has 0 radical (unpaired) electrons. The summed E-state index contributed by atoms with van der Waals surface area (Å²) in [6, 6.07) is 8.38. The van der Waals surface area contributed by atoms with Gasteiger partial charge in [-0.2, -0.15) is 0 Å². The summed E-state index contributed by atoms with van der Waals surface area (Å²) in [5.41, 5.74) is 7.99. The second kappa shape index (κ2) is 5.00. The van der Waals surface area contributed by atoms with E-state index in [0.717, 1.165) is 6.42 Å². The predicted octanol–water partition coefficient (Wildman–Crippen LogP) is 1.90. The molecular formula is C11H17NO. The van der Waals surface area contributed by atoms with Crippen molar-refractivity contribution in [3.63, 3.8) is 0 Å². The fourth-order valence-corrected chi connectivity index (χ4v) is 1.30. The predicted molar refractivity (Wildman–Crippen MR) is 54.6 cm³/mol. The molecule has 0 heterocycles. The van der Waals surface area contributed by atoms with Gasteiger partial charge in [0.2, 0.25) is 0 Å². The van der Waals surface area contributed by atoms with Crippen molar-refractivity contribution in [1.29, 1.82) is 0 Å². The van der Waals surface area contributed by atoms with Gasteiger partial charge in [-0.05, 0) is 31.0 Å². The highest BCUT2D eigenvalue weighted by molar-refractivity contribution is 5.25. The van der Waals surface area contributed by atoms with Gasteiger partial charge in [0.05, 0.1) is 6.10 Å². The summed E-state index contributed by atoms with van der Waals surface area (Å²) in [5.74, 6) is 0. The quantitative estimate of drug-likeness (QED) is 0.766. The Labute approximate surface area is 79.7 Å². The smallest absolute Gasteiger partial charge is 0.0793 e. The molecule has 0 saturated heterocycles. The SMILES string of the molecule is COC(C)c1cccc(CCN)c1. The Balaban J connectivity index is 2.78. The molecule has 0 amide bonds. The van der Waals surface area contributed by atoms with E-state index in [2.05, 4.69) is 24.3 Å². The Morgan fingerprint density at radius 3 is 2.85 bits per heavy atom. The molecule has 2 heteroatoms. The molecule has 13 heavy (non-hydrogen) atoms. The summed E-state index contributed by atoms with van der Waals surface area (Å²) >= 11 is 0. The first-order valence-corrected chi connectivity index (χ1v) is 4.59. The number of rotatable bonds is 4. The van der Waals surface area contributed by atoms with Crippen molar-refractivity contribution in [2.45, 2.75) is 19.4 Å². The van der Waals surface area contributed by atoms with Crippen LogP contribution in [0.2, 0.25) is 0 Å². The van der Waals surface area contributed by atoms with Crippen LogP contribution in [0.1, 0.15) is 24.2 Å². The molecular weight excluding hydrogens is 162 g/mol. The van der Waals surface area contributed by atoms with E-state index in [1.807, 2.05) is 6.92 Å². The first kappa shape index (κ1) is 10.2. The van der Waals surface area contributed by atoms with E-state index >= 15 is 0 Å². The summed E-state index contributed by atoms with van der Waals surface area (Å²) in [5, 5.41) is 0. The third-order valence-electron chi connectivity index (χ3n) is 2.21. The monoisotopic (exact) mass is 179 g/mol. The van der Waals surface area contributed by atoms with Crippen molar-refractivity contribution in [1.82, 2.24) is 0 Å². The molecule has 1 rings (SSSR count). The van der Waals surface area contributed by atoms with Crippen molar-refractivity contribution < 1.29 is 4.74 Å². The summed E-state index contributed by atoms with van der Waals surface area (Å²) in [6.07, 6.45) is 1.10. The molecule has 72 valence electrons. The minimum absolute atomic E-state index is 0.165. The van der Waals surface area contributed by atoms with Crippen LogP contribution in [0.15, 0.2) is 24.3 Å². The number of nitrogens with two attached hydrogens (primary N) is 1. The molecule has 0 spiro atoms. The minimum Gasteiger partial charge on any atom is -0.377 e. The second-order valence-corrected chi connectivity index (χ2v) is 3.16. The summed E-state index contributed by atoms with van der Waals surface area (Å²) in [6.45, 7) is 2.74. The topological polar surface area (TPSA) is 35.2 Å². The van der Waals surface area contributed by atoms with Gasteiger partial charge in [0.15, 0.2) is 0 Å². The van der Waals surface area contributed by atoms with Crippen molar-refractivity contribution in [2.75, 3.05) is 13.7 Å². The Morgan fingerprint density at radius 1 is 1.46 bits per heavy atom. The lowest BCUT2D eigenvalue weighted by atomic mass is 10.1. The third kappa shape index (κ3) is 2.83.